The van der Waals surface area contributed by atoms with Gasteiger partial charge in [-0.1, -0.05) is 0 Å². The number of rotatable bonds is 4. The lowest BCUT2D eigenvalue weighted by Gasteiger charge is -2.04. The van der Waals surface area contributed by atoms with Crippen LogP contribution < -0.4 is 0 Å². The van der Waals surface area contributed by atoms with Crippen LogP contribution in [0.15, 0.2) is 6.20 Å². The van der Waals surface area contributed by atoms with E-state index in [1.54, 1.807) is 7.11 Å². The van der Waals surface area contributed by atoms with E-state index >= 15 is 0 Å². The smallest absolute Gasteiger partial charge is 0.0626 e. The fourth-order valence-electron chi connectivity index (χ4n) is 1.11. The first-order chi connectivity index (χ1) is 5.79. The minimum absolute atomic E-state index is 0.766. The summed E-state index contributed by atoms with van der Waals surface area (Å²) in [6, 6.07) is 0. The lowest BCUT2D eigenvalue weighted by atomic mass is 10.3. The Morgan fingerprint density at radius 2 is 2.42 bits per heavy atom. The van der Waals surface area contributed by atoms with Crippen LogP contribution in [0.4, 0.5) is 0 Å². The Balaban J connectivity index is 2.72. The van der Waals surface area contributed by atoms with Crippen LogP contribution in [-0.4, -0.2) is 23.5 Å². The molecule has 0 amide bonds. The Labute approximate surface area is 86.2 Å². The largest absolute Gasteiger partial charge is 0.384 e. The first kappa shape index (κ1) is 9.98. The number of hydrogen-bond donors (Lipinski definition) is 0. The normalized spacial score (nSPS) is 10.6. The van der Waals surface area contributed by atoms with Crippen LogP contribution in [0.25, 0.3) is 0 Å². The van der Waals surface area contributed by atoms with Crippen molar-refractivity contribution in [1.82, 2.24) is 9.78 Å². The van der Waals surface area contributed by atoms with E-state index in [0.717, 1.165) is 19.6 Å². The van der Waals surface area contributed by atoms with E-state index in [-0.39, 0.29) is 0 Å². The second-order valence-corrected chi connectivity index (χ2v) is 3.66. The highest BCUT2D eigenvalue weighted by Crippen LogP contribution is 2.11. The van der Waals surface area contributed by atoms with Crippen molar-refractivity contribution in [2.75, 3.05) is 13.7 Å². The first-order valence-corrected chi connectivity index (χ1v) is 5.06. The van der Waals surface area contributed by atoms with Crippen molar-refractivity contribution >= 4 is 22.6 Å². The summed E-state index contributed by atoms with van der Waals surface area (Å²) in [6.07, 6.45) is 2.84. The minimum atomic E-state index is 0.766. The van der Waals surface area contributed by atoms with Gasteiger partial charge in [0, 0.05) is 20.1 Å². The van der Waals surface area contributed by atoms with Gasteiger partial charge in [0.2, 0.25) is 0 Å². The number of hydrogen-bond acceptors (Lipinski definition) is 2. The molecule has 0 aliphatic heterocycles. The van der Waals surface area contributed by atoms with Crippen LogP contribution in [-0.2, 0) is 17.7 Å². The number of halogens is 1. The average Bonchev–Trinajstić information content (AvgIpc) is 2.43. The Morgan fingerprint density at radius 3 is 3.00 bits per heavy atom. The molecule has 0 spiro atoms. The molecule has 0 aliphatic rings. The summed E-state index contributed by atoms with van der Waals surface area (Å²) >= 11 is 2.31. The van der Waals surface area contributed by atoms with Crippen molar-refractivity contribution in [2.24, 2.45) is 0 Å². The Bertz CT molecular complexity index is 247. The first-order valence-electron chi connectivity index (χ1n) is 3.98. The molecule has 1 heterocycles. The molecule has 4 heteroatoms. The van der Waals surface area contributed by atoms with Crippen LogP contribution in [0, 0.1) is 3.57 Å². The quantitative estimate of drug-likeness (QED) is 0.785. The summed E-state index contributed by atoms with van der Waals surface area (Å²) in [5.74, 6) is 0. The van der Waals surface area contributed by atoms with Gasteiger partial charge < -0.3 is 4.74 Å². The zero-order valence-electron chi connectivity index (χ0n) is 7.38. The third kappa shape index (κ3) is 2.20. The van der Waals surface area contributed by atoms with Crippen molar-refractivity contribution in [3.8, 4) is 0 Å². The molecule has 0 radical (unpaired) electrons. The molecule has 3 nitrogen and oxygen atoms in total. The zero-order chi connectivity index (χ0) is 8.97. The predicted molar refractivity (Wildman–Crippen MR) is 56.2 cm³/mol. The molecule has 0 N–H and O–H groups in total. The molecule has 0 saturated carbocycles. The maximum Gasteiger partial charge on any atom is 0.0626 e. The number of nitrogens with zero attached hydrogens (tertiary/aromatic N) is 2. The van der Waals surface area contributed by atoms with E-state index in [2.05, 4.69) is 34.6 Å². The second-order valence-electron chi connectivity index (χ2n) is 2.50. The lowest BCUT2D eigenvalue weighted by molar-refractivity contribution is 0.200. The standard InChI is InChI=1S/C8H13IN2O/c1-3-11-8(4-5-12-2)7(9)6-10-11/h6H,3-5H2,1-2H3. The van der Waals surface area contributed by atoms with Crippen LogP contribution >= 0.6 is 22.6 Å². The van der Waals surface area contributed by atoms with Crippen LogP contribution in [0.2, 0.25) is 0 Å². The molecular formula is C8H13IN2O. The molecule has 1 rings (SSSR count). The second kappa shape index (κ2) is 4.81. The van der Waals surface area contributed by atoms with E-state index in [1.165, 1.54) is 9.26 Å². The third-order valence-corrected chi connectivity index (χ3v) is 2.64. The molecule has 1 aromatic heterocycles. The topological polar surface area (TPSA) is 27.1 Å². The maximum absolute atomic E-state index is 5.03. The minimum Gasteiger partial charge on any atom is -0.384 e. The van der Waals surface area contributed by atoms with Gasteiger partial charge in [-0.15, -0.1) is 0 Å². The van der Waals surface area contributed by atoms with E-state index in [4.69, 9.17) is 4.74 Å². The summed E-state index contributed by atoms with van der Waals surface area (Å²) in [6.45, 7) is 3.79. The Hall–Kier alpha value is -0.100. The van der Waals surface area contributed by atoms with Gasteiger partial charge >= 0.3 is 0 Å². The Morgan fingerprint density at radius 1 is 1.67 bits per heavy atom. The summed E-state index contributed by atoms with van der Waals surface area (Å²) in [5, 5.41) is 4.24. The number of methoxy groups -OCH3 is 1. The molecule has 1 aromatic rings. The average molecular weight is 280 g/mol. The lowest BCUT2D eigenvalue weighted by Crippen LogP contribution is -2.06. The van der Waals surface area contributed by atoms with E-state index in [0.29, 0.717) is 0 Å². The highest BCUT2D eigenvalue weighted by molar-refractivity contribution is 14.1. The molecular weight excluding hydrogens is 267 g/mol. The van der Waals surface area contributed by atoms with Gasteiger partial charge in [0.1, 0.15) is 0 Å². The fraction of sp³-hybridized carbons (Fsp3) is 0.625. The predicted octanol–water partition coefficient (Wildman–Crippen LogP) is 1.70. The third-order valence-electron chi connectivity index (χ3n) is 1.74. The Kier molecular flexibility index (Phi) is 4.00. The molecule has 0 bridgehead atoms. The van der Waals surface area contributed by atoms with Gasteiger partial charge in [0.15, 0.2) is 0 Å². The fourth-order valence-corrected chi connectivity index (χ4v) is 1.78. The van der Waals surface area contributed by atoms with Gasteiger partial charge in [-0.05, 0) is 29.5 Å². The zero-order valence-corrected chi connectivity index (χ0v) is 9.54. The summed E-state index contributed by atoms with van der Waals surface area (Å²) in [4.78, 5) is 0. The van der Waals surface area contributed by atoms with Crippen molar-refractivity contribution in [3.05, 3.63) is 15.5 Å². The summed E-state index contributed by atoms with van der Waals surface area (Å²) in [7, 11) is 1.72. The molecule has 0 fully saturated rings. The van der Waals surface area contributed by atoms with Crippen LogP contribution in [0.1, 0.15) is 12.6 Å². The van der Waals surface area contributed by atoms with Gasteiger partial charge in [-0.25, -0.2) is 0 Å². The highest BCUT2D eigenvalue weighted by atomic mass is 127. The van der Waals surface area contributed by atoms with E-state index in [1.807, 2.05) is 10.9 Å². The van der Waals surface area contributed by atoms with E-state index < -0.39 is 0 Å². The van der Waals surface area contributed by atoms with Crippen molar-refractivity contribution < 1.29 is 4.74 Å². The van der Waals surface area contributed by atoms with Crippen molar-refractivity contribution in [2.45, 2.75) is 19.9 Å². The summed E-state index contributed by atoms with van der Waals surface area (Å²) in [5.41, 5.74) is 1.28. The highest BCUT2D eigenvalue weighted by Gasteiger charge is 2.05. The molecule has 68 valence electrons. The molecule has 0 aromatic carbocycles. The van der Waals surface area contributed by atoms with Crippen LogP contribution in [0.5, 0.6) is 0 Å². The maximum atomic E-state index is 5.03. The van der Waals surface area contributed by atoms with Crippen molar-refractivity contribution in [1.29, 1.82) is 0 Å². The molecule has 0 atom stereocenters. The number of ether oxygens (including phenoxy) is 1. The van der Waals surface area contributed by atoms with Gasteiger partial charge in [0.25, 0.3) is 0 Å². The molecule has 0 aliphatic carbocycles. The SMILES string of the molecule is CCn1ncc(I)c1CCOC. The van der Waals surface area contributed by atoms with Crippen molar-refractivity contribution in [3.63, 3.8) is 0 Å². The van der Waals surface area contributed by atoms with E-state index in [9.17, 15) is 0 Å². The molecule has 12 heavy (non-hydrogen) atoms. The van der Waals surface area contributed by atoms with Gasteiger partial charge in [-0.2, -0.15) is 5.10 Å². The van der Waals surface area contributed by atoms with Crippen LogP contribution in [0.3, 0.4) is 0 Å². The molecule has 0 unspecified atom stereocenters. The van der Waals surface area contributed by atoms with Gasteiger partial charge in [0.05, 0.1) is 22.1 Å². The number of aryl methyl sites for hydroxylation is 1. The molecule has 0 saturated heterocycles. The number of aromatic nitrogens is 2. The monoisotopic (exact) mass is 280 g/mol. The summed E-state index contributed by atoms with van der Waals surface area (Å²) < 4.78 is 8.27. The van der Waals surface area contributed by atoms with Gasteiger partial charge in [-0.3, -0.25) is 4.68 Å².